The van der Waals surface area contributed by atoms with Crippen molar-refractivity contribution >= 4 is 23.8 Å². The molecule has 2 aromatic rings. The van der Waals surface area contributed by atoms with E-state index < -0.39 is 47.8 Å². The second-order valence-corrected chi connectivity index (χ2v) is 9.61. The number of carbonyl (C=O) groups excluding carboxylic acids is 4. The van der Waals surface area contributed by atoms with Gasteiger partial charge in [-0.25, -0.2) is 9.18 Å². The number of ether oxygens (including phenoxy) is 1. The maximum absolute atomic E-state index is 13.6. The van der Waals surface area contributed by atoms with Crippen molar-refractivity contribution in [1.82, 2.24) is 26.0 Å². The van der Waals surface area contributed by atoms with Crippen molar-refractivity contribution in [1.29, 1.82) is 5.26 Å². The molecular formula is C27H33FN6O6. The first-order valence-electron chi connectivity index (χ1n) is 13.0. The summed E-state index contributed by atoms with van der Waals surface area (Å²) in [6, 6.07) is 6.48. The van der Waals surface area contributed by atoms with Crippen LogP contribution in [0.1, 0.15) is 48.0 Å². The molecule has 0 radical (unpaired) electrons. The van der Waals surface area contributed by atoms with Crippen LogP contribution in [0.2, 0.25) is 0 Å². The van der Waals surface area contributed by atoms with E-state index in [1.165, 1.54) is 42.3 Å². The van der Waals surface area contributed by atoms with Gasteiger partial charge in [-0.2, -0.15) is 5.26 Å². The van der Waals surface area contributed by atoms with E-state index in [9.17, 15) is 28.8 Å². The average Bonchev–Trinajstić information content (AvgIpc) is 3.39. The largest absolute Gasteiger partial charge is 0.428 e. The normalized spacial score (nSPS) is 17.0. The summed E-state index contributed by atoms with van der Waals surface area (Å²) in [5.74, 6) is -2.20. The summed E-state index contributed by atoms with van der Waals surface area (Å²) in [6.07, 6.45) is -0.938. The lowest BCUT2D eigenvalue weighted by Crippen LogP contribution is -2.55. The van der Waals surface area contributed by atoms with Crippen LogP contribution in [0.3, 0.4) is 0 Å². The molecule has 1 aliphatic heterocycles. The van der Waals surface area contributed by atoms with Crippen molar-refractivity contribution in [3.8, 4) is 6.07 Å². The Kier molecular flexibility index (Phi) is 10.6. The maximum Gasteiger partial charge on any atom is 0.410 e. The predicted octanol–water partition coefficient (Wildman–Crippen LogP) is 1.84. The molecular weight excluding hydrogens is 523 g/mol. The Labute approximate surface area is 231 Å². The van der Waals surface area contributed by atoms with Crippen LogP contribution in [0.15, 0.2) is 34.9 Å². The molecule has 0 aliphatic carbocycles. The Morgan fingerprint density at radius 2 is 2.02 bits per heavy atom. The Morgan fingerprint density at radius 3 is 2.62 bits per heavy atom. The van der Waals surface area contributed by atoms with Gasteiger partial charge in [0.1, 0.15) is 23.7 Å². The molecule has 1 saturated heterocycles. The predicted molar refractivity (Wildman–Crippen MR) is 139 cm³/mol. The number of rotatable bonds is 11. The van der Waals surface area contributed by atoms with Crippen molar-refractivity contribution < 1.29 is 32.8 Å². The lowest BCUT2D eigenvalue weighted by atomic mass is 9.89. The molecule has 3 rings (SSSR count). The second kappa shape index (κ2) is 14.1. The second-order valence-electron chi connectivity index (χ2n) is 9.61. The third kappa shape index (κ3) is 8.26. The highest BCUT2D eigenvalue weighted by Gasteiger charge is 2.35. The van der Waals surface area contributed by atoms with E-state index in [1.807, 2.05) is 6.07 Å². The van der Waals surface area contributed by atoms with E-state index in [1.54, 1.807) is 13.8 Å². The van der Waals surface area contributed by atoms with Gasteiger partial charge in [0.25, 0.3) is 5.91 Å². The van der Waals surface area contributed by atoms with Gasteiger partial charge in [-0.15, -0.1) is 0 Å². The highest BCUT2D eigenvalue weighted by molar-refractivity contribution is 5.96. The van der Waals surface area contributed by atoms with Crippen molar-refractivity contribution in [2.45, 2.75) is 57.7 Å². The zero-order valence-corrected chi connectivity index (χ0v) is 22.6. The standard InChI is InChI=1S/C27H33FN6O6/c1-4-34(3)27(38)39-23(15-29)20(14-18-6-5-11-30-24(18)35)31-25(36)21(13-17-7-9-19(28)10-8-17)32-26(37)22-12-16(2)40-33-22/h7-10,12,18,20-21,23H,4-6,11,13-14H2,1-3H3,(H,30,35)(H,31,36)(H,32,37)/t18-,20-,21-,23-/m0/s1. The fourth-order valence-corrected chi connectivity index (χ4v) is 4.21. The quantitative estimate of drug-likeness (QED) is 0.377. The lowest BCUT2D eigenvalue weighted by Gasteiger charge is -2.31. The first kappa shape index (κ1) is 30.1. The van der Waals surface area contributed by atoms with Gasteiger partial charge >= 0.3 is 6.09 Å². The topological polar surface area (TPSA) is 167 Å². The minimum atomic E-state index is -1.42. The molecule has 214 valence electrons. The zero-order chi connectivity index (χ0) is 29.2. The number of carbonyl (C=O) groups is 4. The number of nitriles is 1. The number of aromatic nitrogens is 1. The number of hydrogen-bond donors (Lipinski definition) is 3. The van der Waals surface area contributed by atoms with Gasteiger partial charge in [0.05, 0.1) is 6.04 Å². The van der Waals surface area contributed by atoms with Crippen LogP contribution in [0.25, 0.3) is 0 Å². The Morgan fingerprint density at radius 1 is 1.30 bits per heavy atom. The van der Waals surface area contributed by atoms with E-state index in [0.717, 1.165) is 0 Å². The number of nitrogens with zero attached hydrogens (tertiary/aromatic N) is 3. The van der Waals surface area contributed by atoms with Crippen molar-refractivity contribution in [3.63, 3.8) is 0 Å². The lowest BCUT2D eigenvalue weighted by molar-refractivity contribution is -0.129. The smallest absolute Gasteiger partial charge is 0.410 e. The van der Waals surface area contributed by atoms with E-state index in [-0.39, 0.29) is 24.4 Å². The van der Waals surface area contributed by atoms with Gasteiger partial charge in [-0.1, -0.05) is 17.3 Å². The zero-order valence-electron chi connectivity index (χ0n) is 22.6. The monoisotopic (exact) mass is 556 g/mol. The molecule has 1 aliphatic rings. The van der Waals surface area contributed by atoms with Crippen molar-refractivity contribution in [3.05, 3.63) is 53.2 Å². The summed E-state index contributed by atoms with van der Waals surface area (Å²) in [7, 11) is 1.50. The third-order valence-electron chi connectivity index (χ3n) is 6.61. The number of hydrogen-bond acceptors (Lipinski definition) is 8. The van der Waals surface area contributed by atoms with E-state index in [0.29, 0.717) is 37.3 Å². The van der Waals surface area contributed by atoms with Gasteiger partial charge in [-0.3, -0.25) is 14.4 Å². The minimum Gasteiger partial charge on any atom is -0.428 e. The third-order valence-corrected chi connectivity index (χ3v) is 6.61. The van der Waals surface area contributed by atoms with Crippen LogP contribution >= 0.6 is 0 Å². The van der Waals surface area contributed by atoms with E-state index in [4.69, 9.17) is 9.26 Å². The molecule has 0 spiro atoms. The Bertz CT molecular complexity index is 1240. The molecule has 0 unspecified atom stereocenters. The summed E-state index contributed by atoms with van der Waals surface area (Å²) in [5, 5.41) is 21.7. The molecule has 1 aromatic heterocycles. The maximum atomic E-state index is 13.6. The van der Waals surface area contributed by atoms with Gasteiger partial charge in [0.2, 0.25) is 17.9 Å². The van der Waals surface area contributed by atoms with E-state index in [2.05, 4.69) is 21.1 Å². The summed E-state index contributed by atoms with van der Waals surface area (Å²) in [4.78, 5) is 52.7. The first-order valence-corrected chi connectivity index (χ1v) is 13.0. The fraction of sp³-hybridized carbons (Fsp3) is 0.481. The van der Waals surface area contributed by atoms with Gasteiger partial charge in [0, 0.05) is 38.5 Å². The van der Waals surface area contributed by atoms with Crippen LogP contribution in [0, 0.1) is 30.0 Å². The molecule has 40 heavy (non-hydrogen) atoms. The molecule has 13 heteroatoms. The number of piperidine rings is 1. The van der Waals surface area contributed by atoms with Gasteiger partial charge in [0.15, 0.2) is 5.69 Å². The number of benzene rings is 1. The van der Waals surface area contributed by atoms with Crippen molar-refractivity contribution in [2.75, 3.05) is 20.1 Å². The van der Waals surface area contributed by atoms with Gasteiger partial charge < -0.3 is 30.1 Å². The molecule has 3 N–H and O–H groups in total. The number of aryl methyl sites for hydroxylation is 1. The molecule has 1 aromatic carbocycles. The van der Waals surface area contributed by atoms with Gasteiger partial charge in [-0.05, 0) is 50.8 Å². The summed E-state index contributed by atoms with van der Waals surface area (Å²) in [5.41, 5.74) is 0.505. The molecule has 0 saturated carbocycles. The molecule has 2 heterocycles. The highest BCUT2D eigenvalue weighted by atomic mass is 19.1. The highest BCUT2D eigenvalue weighted by Crippen LogP contribution is 2.21. The van der Waals surface area contributed by atoms with Crippen molar-refractivity contribution in [2.24, 2.45) is 5.92 Å². The van der Waals surface area contributed by atoms with Crippen LogP contribution in [0.5, 0.6) is 0 Å². The number of halogens is 1. The number of amides is 4. The fourth-order valence-electron chi connectivity index (χ4n) is 4.21. The minimum absolute atomic E-state index is 0.0264. The summed E-state index contributed by atoms with van der Waals surface area (Å²) in [6.45, 7) is 4.19. The molecule has 12 nitrogen and oxygen atoms in total. The molecule has 4 atom stereocenters. The van der Waals surface area contributed by atoms with Crippen LogP contribution < -0.4 is 16.0 Å². The molecule has 1 fully saturated rings. The summed E-state index contributed by atoms with van der Waals surface area (Å²) >= 11 is 0. The Hall–Kier alpha value is -4.47. The molecule has 0 bridgehead atoms. The van der Waals surface area contributed by atoms with Crippen LogP contribution in [0.4, 0.5) is 9.18 Å². The molecule has 4 amide bonds. The average molecular weight is 557 g/mol. The first-order chi connectivity index (χ1) is 19.1. The van der Waals surface area contributed by atoms with Crippen LogP contribution in [-0.2, 0) is 20.7 Å². The van der Waals surface area contributed by atoms with Crippen LogP contribution in [-0.4, -0.2) is 72.2 Å². The SMILES string of the molecule is CCN(C)C(=O)O[C@@H](C#N)[C@H](C[C@@H]1CCCNC1=O)NC(=O)[C@H](Cc1ccc(F)cc1)NC(=O)c1cc(C)on1. The number of nitrogens with one attached hydrogen (secondary N) is 3. The van der Waals surface area contributed by atoms with E-state index >= 15 is 0 Å². The Balaban J connectivity index is 1.86. The summed E-state index contributed by atoms with van der Waals surface area (Å²) < 4.78 is 23.8.